The van der Waals surface area contributed by atoms with E-state index in [4.69, 9.17) is 27.3 Å². The molecule has 7 heteroatoms. The van der Waals surface area contributed by atoms with Crippen molar-refractivity contribution in [3.05, 3.63) is 35.2 Å². The van der Waals surface area contributed by atoms with Crippen LogP contribution in [0.2, 0.25) is 5.15 Å². The van der Waals surface area contributed by atoms with Crippen LogP contribution in [0.15, 0.2) is 24.5 Å². The van der Waals surface area contributed by atoms with Gasteiger partial charge in [0.25, 0.3) is 0 Å². The Morgan fingerprint density at radius 3 is 2.89 bits per heavy atom. The molecule has 6 nitrogen and oxygen atoms in total. The van der Waals surface area contributed by atoms with Gasteiger partial charge in [0.1, 0.15) is 29.5 Å². The Labute approximate surface area is 114 Å². The third kappa shape index (κ3) is 2.51. The van der Waals surface area contributed by atoms with Gasteiger partial charge in [-0.25, -0.2) is 9.97 Å². The van der Waals surface area contributed by atoms with Gasteiger partial charge in [-0.15, -0.1) is 0 Å². The number of nitriles is 1. The van der Waals surface area contributed by atoms with E-state index in [0.29, 0.717) is 22.8 Å². The first kappa shape index (κ1) is 12.9. The minimum absolute atomic E-state index is 0.144. The molecule has 0 atom stereocenters. The topological polar surface area (TPSA) is 96.8 Å². The van der Waals surface area contributed by atoms with Crippen LogP contribution < -0.4 is 15.8 Å². The van der Waals surface area contributed by atoms with Crippen molar-refractivity contribution in [2.75, 3.05) is 18.2 Å². The van der Waals surface area contributed by atoms with Gasteiger partial charge in [-0.1, -0.05) is 17.7 Å². The lowest BCUT2D eigenvalue weighted by molar-refractivity contribution is 0.416. The largest absolute Gasteiger partial charge is 0.495 e. The number of benzene rings is 1. The highest BCUT2D eigenvalue weighted by molar-refractivity contribution is 6.32. The highest BCUT2D eigenvalue weighted by atomic mass is 35.5. The van der Waals surface area contributed by atoms with Crippen molar-refractivity contribution >= 4 is 28.8 Å². The van der Waals surface area contributed by atoms with E-state index >= 15 is 0 Å². The van der Waals surface area contributed by atoms with Crippen LogP contribution in [0.5, 0.6) is 5.75 Å². The van der Waals surface area contributed by atoms with Gasteiger partial charge >= 0.3 is 0 Å². The zero-order chi connectivity index (χ0) is 13.8. The Balaban J connectivity index is 2.49. The van der Waals surface area contributed by atoms with E-state index in [9.17, 15) is 0 Å². The molecule has 96 valence electrons. The first-order valence-electron chi connectivity index (χ1n) is 5.27. The molecular weight excluding hydrogens is 266 g/mol. The zero-order valence-electron chi connectivity index (χ0n) is 10.0. The molecule has 0 saturated heterocycles. The van der Waals surface area contributed by atoms with Crippen LogP contribution in [-0.4, -0.2) is 17.1 Å². The van der Waals surface area contributed by atoms with Crippen molar-refractivity contribution in [1.82, 2.24) is 9.97 Å². The fourth-order valence-electron chi connectivity index (χ4n) is 1.52. The van der Waals surface area contributed by atoms with Crippen molar-refractivity contribution in [2.24, 2.45) is 0 Å². The number of hydrogen-bond donors (Lipinski definition) is 2. The average Bonchev–Trinajstić information content (AvgIpc) is 2.44. The van der Waals surface area contributed by atoms with Crippen LogP contribution in [0.25, 0.3) is 0 Å². The van der Waals surface area contributed by atoms with E-state index in [1.807, 2.05) is 0 Å². The number of nitrogens with zero attached hydrogens (tertiary/aromatic N) is 3. The minimum Gasteiger partial charge on any atom is -0.495 e. The molecule has 0 radical (unpaired) electrons. The standard InChI is InChI=1S/C12H10ClN5O/c1-19-8-4-2-3-7(5-14)10(8)18-12-9(15)11(13)16-6-17-12/h2-4,6H,15H2,1H3,(H,16,17,18). The van der Waals surface area contributed by atoms with Crippen LogP contribution in [0.3, 0.4) is 0 Å². The van der Waals surface area contributed by atoms with Gasteiger partial charge in [0.2, 0.25) is 0 Å². The molecule has 0 amide bonds. The molecule has 2 aromatic rings. The highest BCUT2D eigenvalue weighted by Gasteiger charge is 2.12. The number of rotatable bonds is 3. The van der Waals surface area contributed by atoms with E-state index in [2.05, 4.69) is 21.4 Å². The maximum Gasteiger partial charge on any atom is 0.158 e. The third-order valence-electron chi connectivity index (χ3n) is 2.45. The van der Waals surface area contributed by atoms with Crippen molar-refractivity contribution in [1.29, 1.82) is 5.26 Å². The summed E-state index contributed by atoms with van der Waals surface area (Å²) in [6.45, 7) is 0. The molecule has 1 aromatic carbocycles. The number of aromatic nitrogens is 2. The van der Waals surface area contributed by atoms with Gasteiger partial charge in [0.15, 0.2) is 11.0 Å². The van der Waals surface area contributed by atoms with E-state index in [0.717, 1.165) is 0 Å². The lowest BCUT2D eigenvalue weighted by Crippen LogP contribution is -2.03. The smallest absolute Gasteiger partial charge is 0.158 e. The summed E-state index contributed by atoms with van der Waals surface area (Å²) in [4.78, 5) is 7.75. The number of anilines is 3. The number of nitrogen functional groups attached to an aromatic ring is 1. The lowest BCUT2D eigenvalue weighted by atomic mass is 10.1. The number of halogens is 1. The Morgan fingerprint density at radius 1 is 1.42 bits per heavy atom. The van der Waals surface area contributed by atoms with E-state index in [-0.39, 0.29) is 10.8 Å². The fourth-order valence-corrected chi connectivity index (χ4v) is 1.65. The van der Waals surface area contributed by atoms with Crippen LogP contribution in [0.4, 0.5) is 17.2 Å². The summed E-state index contributed by atoms with van der Waals surface area (Å²) in [6.07, 6.45) is 1.28. The number of ether oxygens (including phenoxy) is 1. The number of methoxy groups -OCH3 is 1. The van der Waals surface area contributed by atoms with Gasteiger partial charge in [-0.2, -0.15) is 5.26 Å². The van der Waals surface area contributed by atoms with Crippen LogP contribution >= 0.6 is 11.6 Å². The number of hydrogen-bond acceptors (Lipinski definition) is 6. The first-order valence-corrected chi connectivity index (χ1v) is 5.65. The minimum atomic E-state index is 0.144. The predicted octanol–water partition coefficient (Wildman–Crippen LogP) is 2.34. The van der Waals surface area contributed by atoms with E-state index in [1.165, 1.54) is 13.4 Å². The monoisotopic (exact) mass is 275 g/mol. The summed E-state index contributed by atoms with van der Waals surface area (Å²) in [6, 6.07) is 7.17. The molecule has 0 aliphatic carbocycles. The Kier molecular flexibility index (Phi) is 3.68. The number of nitrogens with two attached hydrogens (primary N) is 1. The van der Waals surface area contributed by atoms with Crippen LogP contribution in [-0.2, 0) is 0 Å². The van der Waals surface area contributed by atoms with Gasteiger partial charge in [-0.05, 0) is 12.1 Å². The highest BCUT2D eigenvalue weighted by Crippen LogP contribution is 2.33. The van der Waals surface area contributed by atoms with Gasteiger partial charge < -0.3 is 15.8 Å². The summed E-state index contributed by atoms with van der Waals surface area (Å²) in [5.41, 5.74) is 6.87. The number of nitrogens with one attached hydrogen (secondary N) is 1. The number of para-hydroxylation sites is 1. The normalized spacial score (nSPS) is 9.74. The molecule has 0 aliphatic heterocycles. The molecule has 1 heterocycles. The van der Waals surface area contributed by atoms with E-state index < -0.39 is 0 Å². The molecular formula is C12H10ClN5O. The molecule has 0 fully saturated rings. The summed E-state index contributed by atoms with van der Waals surface area (Å²) in [7, 11) is 1.51. The molecule has 3 N–H and O–H groups in total. The van der Waals surface area contributed by atoms with Crippen molar-refractivity contribution in [2.45, 2.75) is 0 Å². The molecule has 0 spiro atoms. The Bertz CT molecular complexity index is 653. The van der Waals surface area contributed by atoms with E-state index in [1.54, 1.807) is 18.2 Å². The molecule has 0 bridgehead atoms. The predicted molar refractivity (Wildman–Crippen MR) is 72.4 cm³/mol. The molecule has 19 heavy (non-hydrogen) atoms. The molecule has 1 aromatic heterocycles. The van der Waals surface area contributed by atoms with Gasteiger partial charge in [0, 0.05) is 0 Å². The quantitative estimate of drug-likeness (QED) is 0.835. The maximum absolute atomic E-state index is 9.10. The molecule has 0 unspecified atom stereocenters. The fraction of sp³-hybridized carbons (Fsp3) is 0.0833. The Morgan fingerprint density at radius 2 is 2.21 bits per heavy atom. The van der Waals surface area contributed by atoms with Crippen molar-refractivity contribution in [3.8, 4) is 11.8 Å². The maximum atomic E-state index is 9.10. The van der Waals surface area contributed by atoms with Crippen LogP contribution in [0.1, 0.15) is 5.56 Å². The van der Waals surface area contributed by atoms with Gasteiger partial charge in [-0.3, -0.25) is 0 Å². The van der Waals surface area contributed by atoms with Crippen molar-refractivity contribution in [3.63, 3.8) is 0 Å². The molecule has 0 saturated carbocycles. The first-order chi connectivity index (χ1) is 9.17. The summed E-state index contributed by atoms with van der Waals surface area (Å²) < 4.78 is 5.20. The second kappa shape index (κ2) is 5.42. The van der Waals surface area contributed by atoms with Crippen LogP contribution in [0, 0.1) is 11.3 Å². The van der Waals surface area contributed by atoms with Gasteiger partial charge in [0.05, 0.1) is 12.7 Å². The summed E-state index contributed by atoms with van der Waals surface area (Å²) >= 11 is 5.82. The SMILES string of the molecule is COc1cccc(C#N)c1Nc1ncnc(Cl)c1N. The summed E-state index contributed by atoms with van der Waals surface area (Å²) in [5, 5.41) is 12.2. The third-order valence-corrected chi connectivity index (χ3v) is 2.75. The molecule has 0 aliphatic rings. The second-order valence-corrected chi connectivity index (χ2v) is 3.90. The zero-order valence-corrected chi connectivity index (χ0v) is 10.8. The second-order valence-electron chi connectivity index (χ2n) is 3.55. The lowest BCUT2D eigenvalue weighted by Gasteiger charge is -2.13. The average molecular weight is 276 g/mol. The van der Waals surface area contributed by atoms with Crippen molar-refractivity contribution < 1.29 is 4.74 Å². The summed E-state index contributed by atoms with van der Waals surface area (Å²) in [5.74, 6) is 0.828. The Hall–Kier alpha value is -2.52. The molecule has 2 rings (SSSR count).